The molecule has 3 aromatic rings. The summed E-state index contributed by atoms with van der Waals surface area (Å²) < 4.78 is 38.7. The first-order valence-corrected chi connectivity index (χ1v) is 16.6. The molecule has 0 radical (unpaired) electrons. The lowest BCUT2D eigenvalue weighted by atomic mass is 10.0. The predicted octanol–water partition coefficient (Wildman–Crippen LogP) is 4.64. The van der Waals surface area contributed by atoms with Crippen LogP contribution in [-0.4, -0.2) is 56.8 Å². The maximum atomic E-state index is 14.2. The molecule has 9 nitrogen and oxygen atoms in total. The van der Waals surface area contributed by atoms with Crippen LogP contribution >= 0.6 is 15.9 Å². The van der Waals surface area contributed by atoms with E-state index in [4.69, 9.17) is 9.47 Å². The Morgan fingerprint density at radius 1 is 0.952 bits per heavy atom. The summed E-state index contributed by atoms with van der Waals surface area (Å²) in [6.45, 7) is -0.338. The topological polar surface area (TPSA) is 105 Å². The fourth-order valence-corrected chi connectivity index (χ4v) is 6.70. The number of ether oxygens (including phenoxy) is 2. The Morgan fingerprint density at radius 3 is 2.38 bits per heavy atom. The first kappa shape index (κ1) is 29.9. The standard InChI is InChI=1S/C31H34BrN3O6S/c1-42(38,39)35(26-14-15-28-29(18-26)41-21-40-28)20-30(36)34(19-23-10-7-11-24(32)16-23)27(17-22-8-3-2-4-9-22)31(37)33-25-12-5-6-13-25/h2-4,7-11,14-16,18,25,27H,5-6,12-13,17,19-21H2,1H3,(H,33,37). The molecule has 42 heavy (non-hydrogen) atoms. The summed E-state index contributed by atoms with van der Waals surface area (Å²) in [7, 11) is -3.89. The van der Waals surface area contributed by atoms with Gasteiger partial charge in [-0.25, -0.2) is 8.42 Å². The molecule has 222 valence electrons. The smallest absolute Gasteiger partial charge is 0.244 e. The second-order valence-electron chi connectivity index (χ2n) is 10.7. The van der Waals surface area contributed by atoms with Crippen LogP contribution in [0.1, 0.15) is 36.8 Å². The number of amides is 2. The van der Waals surface area contributed by atoms with Crippen molar-refractivity contribution in [3.05, 3.63) is 88.4 Å². The molecule has 1 fully saturated rings. The molecule has 0 aromatic heterocycles. The van der Waals surface area contributed by atoms with Crippen molar-refractivity contribution in [3.8, 4) is 11.5 Å². The van der Waals surface area contributed by atoms with Crippen LogP contribution in [-0.2, 0) is 32.6 Å². The lowest BCUT2D eigenvalue weighted by Crippen LogP contribution is -2.54. The number of anilines is 1. The van der Waals surface area contributed by atoms with E-state index in [2.05, 4.69) is 21.2 Å². The molecule has 1 atom stereocenters. The molecule has 0 saturated heterocycles. The number of hydrogen-bond acceptors (Lipinski definition) is 6. The first-order chi connectivity index (χ1) is 20.2. The number of carbonyl (C=O) groups excluding carboxylic acids is 2. The SMILES string of the molecule is CS(=O)(=O)N(CC(=O)N(Cc1cccc(Br)c1)C(Cc1ccccc1)C(=O)NC1CCCC1)c1ccc2c(c1)OCO2. The quantitative estimate of drug-likeness (QED) is 0.323. The predicted molar refractivity (Wildman–Crippen MR) is 164 cm³/mol. The maximum absolute atomic E-state index is 14.2. The lowest BCUT2D eigenvalue weighted by Gasteiger charge is -2.34. The van der Waals surface area contributed by atoms with E-state index in [1.165, 1.54) is 4.90 Å². The van der Waals surface area contributed by atoms with E-state index < -0.39 is 28.5 Å². The van der Waals surface area contributed by atoms with E-state index in [1.54, 1.807) is 18.2 Å². The van der Waals surface area contributed by atoms with Gasteiger partial charge in [0.05, 0.1) is 11.9 Å². The van der Waals surface area contributed by atoms with E-state index in [0.717, 1.165) is 51.8 Å². The zero-order valence-electron chi connectivity index (χ0n) is 23.4. The minimum Gasteiger partial charge on any atom is -0.454 e. The van der Waals surface area contributed by atoms with E-state index in [-0.39, 0.29) is 37.4 Å². The highest BCUT2D eigenvalue weighted by molar-refractivity contribution is 9.10. The molecule has 2 amide bonds. The molecule has 0 spiro atoms. The van der Waals surface area contributed by atoms with Gasteiger partial charge in [-0.2, -0.15) is 0 Å². The number of halogens is 1. The Bertz CT molecular complexity index is 1530. The highest BCUT2D eigenvalue weighted by Gasteiger charge is 2.34. The highest BCUT2D eigenvalue weighted by Crippen LogP contribution is 2.36. The molecule has 1 heterocycles. The molecule has 2 aliphatic rings. The van der Waals surface area contributed by atoms with Crippen LogP contribution in [0.5, 0.6) is 11.5 Å². The van der Waals surface area contributed by atoms with E-state index in [9.17, 15) is 18.0 Å². The number of sulfonamides is 1. The summed E-state index contributed by atoms with van der Waals surface area (Å²) >= 11 is 3.50. The summed E-state index contributed by atoms with van der Waals surface area (Å²) in [6, 6.07) is 21.0. The summed E-state index contributed by atoms with van der Waals surface area (Å²) in [5.74, 6) is 0.155. The van der Waals surface area contributed by atoms with E-state index in [0.29, 0.717) is 11.5 Å². The van der Waals surface area contributed by atoms with Crippen molar-refractivity contribution < 1.29 is 27.5 Å². The summed E-state index contributed by atoms with van der Waals surface area (Å²) in [5.41, 5.74) is 1.97. The van der Waals surface area contributed by atoms with Crippen molar-refractivity contribution in [1.82, 2.24) is 10.2 Å². The van der Waals surface area contributed by atoms with Gasteiger partial charge in [0.1, 0.15) is 12.6 Å². The van der Waals surface area contributed by atoms with Crippen LogP contribution in [0.25, 0.3) is 0 Å². The zero-order valence-corrected chi connectivity index (χ0v) is 25.8. The van der Waals surface area contributed by atoms with Gasteiger partial charge in [-0.05, 0) is 48.2 Å². The van der Waals surface area contributed by atoms with Gasteiger partial charge in [-0.1, -0.05) is 71.2 Å². The zero-order chi connectivity index (χ0) is 29.7. The van der Waals surface area contributed by atoms with Gasteiger partial charge in [0, 0.05) is 29.5 Å². The second-order valence-corrected chi connectivity index (χ2v) is 13.5. The number of benzene rings is 3. The van der Waals surface area contributed by atoms with Crippen LogP contribution in [0.3, 0.4) is 0 Å². The van der Waals surface area contributed by atoms with Crippen molar-refractivity contribution >= 4 is 43.5 Å². The number of nitrogens with zero attached hydrogens (tertiary/aromatic N) is 2. The third-order valence-electron chi connectivity index (χ3n) is 7.54. The van der Waals surface area contributed by atoms with Gasteiger partial charge in [0.25, 0.3) is 0 Å². The minimum absolute atomic E-state index is 0.0360. The Kier molecular flexibility index (Phi) is 9.37. The number of nitrogens with one attached hydrogen (secondary N) is 1. The average Bonchev–Trinajstić information content (AvgIpc) is 3.65. The van der Waals surface area contributed by atoms with E-state index in [1.807, 2.05) is 54.6 Å². The van der Waals surface area contributed by atoms with Gasteiger partial charge in [0.2, 0.25) is 28.6 Å². The number of carbonyl (C=O) groups is 2. The number of hydrogen-bond donors (Lipinski definition) is 1. The third kappa shape index (κ3) is 7.43. The molecule has 1 unspecified atom stereocenters. The molecular weight excluding hydrogens is 622 g/mol. The fraction of sp³-hybridized carbons (Fsp3) is 0.355. The molecule has 1 N–H and O–H groups in total. The summed E-state index contributed by atoms with van der Waals surface area (Å²) in [6.07, 6.45) is 5.23. The Hall–Kier alpha value is -3.57. The summed E-state index contributed by atoms with van der Waals surface area (Å²) in [5, 5.41) is 3.17. The molecule has 1 aliphatic carbocycles. The van der Waals surface area contributed by atoms with Gasteiger partial charge >= 0.3 is 0 Å². The van der Waals surface area contributed by atoms with Crippen molar-refractivity contribution in [2.75, 3.05) is 23.9 Å². The van der Waals surface area contributed by atoms with E-state index >= 15 is 0 Å². The monoisotopic (exact) mass is 655 g/mol. The molecule has 5 rings (SSSR count). The lowest BCUT2D eigenvalue weighted by molar-refractivity contribution is -0.140. The molecule has 0 bridgehead atoms. The largest absolute Gasteiger partial charge is 0.454 e. The van der Waals surface area contributed by atoms with Crippen LogP contribution in [0, 0.1) is 0 Å². The highest BCUT2D eigenvalue weighted by atomic mass is 79.9. The molecule has 1 aliphatic heterocycles. The number of fused-ring (bicyclic) bond motifs is 1. The molecule has 3 aromatic carbocycles. The van der Waals surface area contributed by atoms with Crippen molar-refractivity contribution in [2.45, 2.75) is 50.7 Å². The third-order valence-corrected chi connectivity index (χ3v) is 9.17. The van der Waals surface area contributed by atoms with Crippen molar-refractivity contribution in [1.29, 1.82) is 0 Å². The van der Waals surface area contributed by atoms with Crippen LogP contribution in [0.4, 0.5) is 5.69 Å². The Balaban J connectivity index is 1.50. The number of rotatable bonds is 11. The van der Waals surface area contributed by atoms with Gasteiger partial charge < -0.3 is 19.7 Å². The molecule has 11 heteroatoms. The van der Waals surface area contributed by atoms with Gasteiger partial charge in [-0.15, -0.1) is 0 Å². The second kappa shape index (κ2) is 13.2. The summed E-state index contributed by atoms with van der Waals surface area (Å²) in [4.78, 5) is 29.7. The first-order valence-electron chi connectivity index (χ1n) is 13.9. The van der Waals surface area contributed by atoms with Crippen LogP contribution in [0.15, 0.2) is 77.3 Å². The average molecular weight is 657 g/mol. The Labute approximate surface area is 255 Å². The fourth-order valence-electron chi connectivity index (χ4n) is 5.41. The minimum atomic E-state index is -3.89. The van der Waals surface area contributed by atoms with Crippen LogP contribution in [0.2, 0.25) is 0 Å². The van der Waals surface area contributed by atoms with Gasteiger partial charge in [-0.3, -0.25) is 13.9 Å². The molecular formula is C31H34BrN3O6S. The molecule has 1 saturated carbocycles. The van der Waals surface area contributed by atoms with Crippen molar-refractivity contribution in [2.24, 2.45) is 0 Å². The van der Waals surface area contributed by atoms with Crippen LogP contribution < -0.4 is 19.1 Å². The normalized spacial score (nSPS) is 15.3. The van der Waals surface area contributed by atoms with Gasteiger partial charge in [0.15, 0.2) is 11.5 Å². The van der Waals surface area contributed by atoms with Crippen molar-refractivity contribution in [3.63, 3.8) is 0 Å². The Morgan fingerprint density at radius 2 is 1.67 bits per heavy atom. The maximum Gasteiger partial charge on any atom is 0.244 e.